The van der Waals surface area contributed by atoms with Gasteiger partial charge in [-0.1, -0.05) is 130 Å². The summed E-state index contributed by atoms with van der Waals surface area (Å²) in [5.41, 5.74) is 10.9. The number of hydrogen-bond acceptors (Lipinski definition) is 3. The fraction of sp³-hybridized carbons (Fsp3) is 0.156. The van der Waals surface area contributed by atoms with Crippen molar-refractivity contribution >= 4 is 33.2 Å². The van der Waals surface area contributed by atoms with E-state index in [1.54, 1.807) is 12.1 Å². The number of para-hydroxylation sites is 1. The average Bonchev–Trinajstić information content (AvgIpc) is 3.56. The van der Waals surface area contributed by atoms with Crippen LogP contribution in [0, 0.1) is 22.7 Å². The van der Waals surface area contributed by atoms with Gasteiger partial charge in [0.25, 0.3) is 0 Å². The first-order chi connectivity index (χ1) is 23.8. The van der Waals surface area contributed by atoms with Gasteiger partial charge < -0.3 is 15.3 Å². The molecule has 4 heteroatoms. The van der Waals surface area contributed by atoms with E-state index in [4.69, 9.17) is 5.41 Å². The van der Waals surface area contributed by atoms with Gasteiger partial charge in [0.05, 0.1) is 28.4 Å². The molecule has 2 aliphatic rings. The third kappa shape index (κ3) is 4.93. The van der Waals surface area contributed by atoms with E-state index in [2.05, 4.69) is 134 Å². The molecule has 0 radical (unpaired) electrons. The standard InChI is InChI=1S/C45H38N4/c1-44(2)37-23-22-36-35-19-7-8-20-40(35)49(43(36)42(37)45(3)24-10-9-21-41(44)45)34-18-12-14-31(26-34)29-48-39(32-15-5-4-6-16-32)27-38(47)33-17-11-13-30(25-33)28-46/h4-27,41,47-48H,29H2,1-3H3/b39-27-,47-38?. The summed E-state index contributed by atoms with van der Waals surface area (Å²) in [6.45, 7) is 7.79. The van der Waals surface area contributed by atoms with Crippen molar-refractivity contribution in [3.63, 3.8) is 0 Å². The maximum Gasteiger partial charge on any atom is 0.0991 e. The zero-order chi connectivity index (χ0) is 33.8. The molecule has 0 aliphatic heterocycles. The summed E-state index contributed by atoms with van der Waals surface area (Å²) >= 11 is 0. The van der Waals surface area contributed by atoms with Crippen LogP contribution in [0.2, 0.25) is 0 Å². The summed E-state index contributed by atoms with van der Waals surface area (Å²) in [4.78, 5) is 0. The zero-order valence-electron chi connectivity index (χ0n) is 28.0. The van der Waals surface area contributed by atoms with E-state index < -0.39 is 0 Å². The van der Waals surface area contributed by atoms with Crippen molar-refractivity contribution < 1.29 is 0 Å². The van der Waals surface area contributed by atoms with E-state index in [1.807, 2.05) is 36.4 Å². The van der Waals surface area contributed by atoms with Crippen LogP contribution in [0.15, 0.2) is 146 Å². The predicted molar refractivity (Wildman–Crippen MR) is 202 cm³/mol. The minimum Gasteiger partial charge on any atom is -0.380 e. The molecule has 2 N–H and O–H groups in total. The molecule has 2 atom stereocenters. The van der Waals surface area contributed by atoms with E-state index in [0.29, 0.717) is 29.3 Å². The molecular weight excluding hydrogens is 597 g/mol. The number of fused-ring (bicyclic) bond motifs is 7. The quantitative estimate of drug-likeness (QED) is 0.172. The summed E-state index contributed by atoms with van der Waals surface area (Å²) in [5, 5.41) is 24.5. The van der Waals surface area contributed by atoms with Crippen molar-refractivity contribution in [2.24, 2.45) is 5.92 Å². The summed E-state index contributed by atoms with van der Waals surface area (Å²) in [7, 11) is 0. The first-order valence-corrected chi connectivity index (χ1v) is 16.9. The van der Waals surface area contributed by atoms with Crippen LogP contribution in [0.4, 0.5) is 0 Å². The van der Waals surface area contributed by atoms with Gasteiger partial charge in [0.1, 0.15) is 0 Å². The van der Waals surface area contributed by atoms with Gasteiger partial charge in [-0.25, -0.2) is 0 Å². The minimum absolute atomic E-state index is 0.00357. The zero-order valence-corrected chi connectivity index (χ0v) is 28.0. The van der Waals surface area contributed by atoms with Gasteiger partial charge in [-0.2, -0.15) is 5.26 Å². The maximum absolute atomic E-state index is 9.40. The molecule has 4 nitrogen and oxygen atoms in total. The van der Waals surface area contributed by atoms with Crippen LogP contribution in [0.1, 0.15) is 54.2 Å². The van der Waals surface area contributed by atoms with Gasteiger partial charge in [-0.3, -0.25) is 0 Å². The van der Waals surface area contributed by atoms with E-state index >= 15 is 0 Å². The monoisotopic (exact) mass is 634 g/mol. The second-order valence-corrected chi connectivity index (χ2v) is 14.0. The normalized spacial score (nSPS) is 19.1. The number of aromatic nitrogens is 1. The van der Waals surface area contributed by atoms with Gasteiger partial charge in [0, 0.05) is 39.7 Å². The number of benzene rings is 5. The Hall–Kier alpha value is -5.92. The Morgan fingerprint density at radius 2 is 1.61 bits per heavy atom. The number of nitrogens with zero attached hydrogens (tertiary/aromatic N) is 2. The predicted octanol–water partition coefficient (Wildman–Crippen LogP) is 10.1. The van der Waals surface area contributed by atoms with Gasteiger partial charge in [-0.05, 0) is 70.0 Å². The van der Waals surface area contributed by atoms with Crippen molar-refractivity contribution in [3.8, 4) is 11.8 Å². The molecule has 5 aromatic carbocycles. The van der Waals surface area contributed by atoms with Crippen molar-refractivity contribution in [1.82, 2.24) is 9.88 Å². The van der Waals surface area contributed by atoms with E-state index in [0.717, 1.165) is 22.5 Å². The highest BCUT2D eigenvalue weighted by Gasteiger charge is 2.53. The molecule has 1 aromatic heterocycles. The molecular formula is C45H38N4. The Kier molecular flexibility index (Phi) is 7.23. The molecule has 8 rings (SSSR count). The molecule has 0 bridgehead atoms. The third-order valence-electron chi connectivity index (χ3n) is 10.7. The Bertz CT molecular complexity index is 2410. The molecule has 6 aromatic rings. The van der Waals surface area contributed by atoms with Gasteiger partial charge in [0.2, 0.25) is 0 Å². The van der Waals surface area contributed by atoms with Crippen molar-refractivity contribution in [1.29, 1.82) is 10.7 Å². The van der Waals surface area contributed by atoms with Gasteiger partial charge >= 0.3 is 0 Å². The highest BCUT2D eigenvalue weighted by Crippen LogP contribution is 2.59. The minimum atomic E-state index is -0.120. The van der Waals surface area contributed by atoms with Crippen LogP contribution in [-0.4, -0.2) is 10.3 Å². The van der Waals surface area contributed by atoms with E-state index in [1.165, 1.54) is 32.9 Å². The number of allylic oxidation sites excluding steroid dienone is 5. The molecule has 2 unspecified atom stereocenters. The van der Waals surface area contributed by atoms with E-state index in [-0.39, 0.29) is 10.8 Å². The topological polar surface area (TPSA) is 64.6 Å². The maximum atomic E-state index is 9.40. The Balaban J connectivity index is 1.22. The lowest BCUT2D eigenvalue weighted by atomic mass is 9.67. The fourth-order valence-corrected chi connectivity index (χ4v) is 8.38. The molecule has 0 fully saturated rings. The van der Waals surface area contributed by atoms with Gasteiger partial charge in [0.15, 0.2) is 0 Å². The van der Waals surface area contributed by atoms with Crippen LogP contribution in [0.25, 0.3) is 33.2 Å². The number of nitriles is 1. The van der Waals surface area contributed by atoms with Crippen LogP contribution >= 0.6 is 0 Å². The number of nitrogens with one attached hydrogen (secondary N) is 2. The van der Waals surface area contributed by atoms with Crippen molar-refractivity contribution in [3.05, 3.63) is 179 Å². The smallest absolute Gasteiger partial charge is 0.0991 e. The number of rotatable bonds is 7. The highest BCUT2D eigenvalue weighted by atomic mass is 15.0. The Morgan fingerprint density at radius 1 is 0.837 bits per heavy atom. The van der Waals surface area contributed by atoms with Crippen molar-refractivity contribution in [2.45, 2.75) is 38.1 Å². The fourth-order valence-electron chi connectivity index (χ4n) is 8.38. The lowest BCUT2D eigenvalue weighted by Gasteiger charge is -2.36. The molecule has 0 spiro atoms. The molecule has 0 amide bonds. The first kappa shape index (κ1) is 30.4. The Morgan fingerprint density at radius 3 is 2.45 bits per heavy atom. The van der Waals surface area contributed by atoms with Crippen LogP contribution in [-0.2, 0) is 17.4 Å². The van der Waals surface area contributed by atoms with Crippen LogP contribution in [0.3, 0.4) is 0 Å². The van der Waals surface area contributed by atoms with E-state index in [9.17, 15) is 5.26 Å². The van der Waals surface area contributed by atoms with Gasteiger partial charge in [-0.15, -0.1) is 0 Å². The lowest BCUT2D eigenvalue weighted by Crippen LogP contribution is -2.34. The molecule has 0 saturated heterocycles. The Labute approximate surface area is 287 Å². The second-order valence-electron chi connectivity index (χ2n) is 14.0. The second kappa shape index (κ2) is 11.6. The molecule has 238 valence electrons. The summed E-state index contributed by atoms with van der Waals surface area (Å²) in [6, 6.07) is 41.8. The molecule has 0 saturated carbocycles. The average molecular weight is 635 g/mol. The third-order valence-corrected chi connectivity index (χ3v) is 10.7. The summed E-state index contributed by atoms with van der Waals surface area (Å²) in [6.07, 6.45) is 11.1. The lowest BCUT2D eigenvalue weighted by molar-refractivity contribution is 0.324. The first-order valence-electron chi connectivity index (χ1n) is 16.9. The van der Waals surface area contributed by atoms with Crippen LogP contribution < -0.4 is 5.32 Å². The summed E-state index contributed by atoms with van der Waals surface area (Å²) < 4.78 is 2.48. The highest BCUT2D eigenvalue weighted by molar-refractivity contribution is 6.12. The molecule has 2 aliphatic carbocycles. The van der Waals surface area contributed by atoms with Crippen LogP contribution in [0.5, 0.6) is 0 Å². The SMILES string of the molecule is CC1(C)c2ccc3c4ccccc4n(-c4cccc(CN/C(=C\C(=N)c5cccc(C#N)c5)c5ccccc5)c4)c3c2C2(C)C=CC=CC12. The largest absolute Gasteiger partial charge is 0.380 e. The van der Waals surface area contributed by atoms with Crippen molar-refractivity contribution in [2.75, 3.05) is 0 Å². The summed E-state index contributed by atoms with van der Waals surface area (Å²) in [5.74, 6) is 0.372. The number of hydrogen-bond donors (Lipinski definition) is 2. The molecule has 1 heterocycles. The molecule has 49 heavy (non-hydrogen) atoms.